The first-order valence-electron chi connectivity index (χ1n) is 6.69. The molecular weight excluding hydrogens is 297 g/mol. The molecule has 4 nitrogen and oxygen atoms in total. The molecule has 1 aromatic heterocycles. The van der Waals surface area contributed by atoms with E-state index in [9.17, 15) is 4.79 Å². The van der Waals surface area contributed by atoms with Gasteiger partial charge in [0, 0.05) is 12.2 Å². The zero-order chi connectivity index (χ0) is 12.5. The lowest BCUT2D eigenvalue weighted by Crippen LogP contribution is -2.45. The van der Waals surface area contributed by atoms with Crippen LogP contribution in [-0.4, -0.2) is 16.9 Å². The normalized spacial score (nSPS) is 30.2. The molecule has 0 saturated heterocycles. The second-order valence-corrected chi connectivity index (χ2v) is 5.48. The quantitative estimate of drug-likeness (QED) is 0.894. The van der Waals surface area contributed by atoms with Gasteiger partial charge in [-0.3, -0.25) is 9.78 Å². The number of aromatic nitrogens is 1. The summed E-state index contributed by atoms with van der Waals surface area (Å²) in [7, 11) is 0. The van der Waals surface area contributed by atoms with Crippen LogP contribution in [0.1, 0.15) is 25.0 Å². The summed E-state index contributed by atoms with van der Waals surface area (Å²) in [5, 5.41) is 2.97. The van der Waals surface area contributed by atoms with E-state index in [1.165, 1.54) is 12.8 Å². The topological polar surface area (TPSA) is 68.0 Å². The maximum atomic E-state index is 12.2. The van der Waals surface area contributed by atoms with Crippen molar-refractivity contribution in [3.8, 4) is 0 Å². The van der Waals surface area contributed by atoms with E-state index in [-0.39, 0.29) is 42.7 Å². The molecule has 0 aliphatic heterocycles. The molecule has 0 spiro atoms. The van der Waals surface area contributed by atoms with E-state index < -0.39 is 0 Å². The molecule has 1 aromatic rings. The van der Waals surface area contributed by atoms with Crippen LogP contribution in [0.3, 0.4) is 0 Å². The highest BCUT2D eigenvalue weighted by Gasteiger charge is 2.48. The molecule has 2 saturated carbocycles. The first kappa shape index (κ1) is 17.2. The minimum absolute atomic E-state index is 0. The van der Waals surface area contributed by atoms with Crippen LogP contribution in [0, 0.1) is 17.8 Å². The fourth-order valence-corrected chi connectivity index (χ4v) is 3.52. The van der Waals surface area contributed by atoms with Crippen LogP contribution in [0.2, 0.25) is 0 Å². The smallest absolute Gasteiger partial charge is 0.225 e. The summed E-state index contributed by atoms with van der Waals surface area (Å²) in [5.74, 6) is 1.21. The van der Waals surface area contributed by atoms with Gasteiger partial charge in [0.25, 0.3) is 0 Å². The predicted molar refractivity (Wildman–Crippen MR) is 82.9 cm³/mol. The third-order valence-electron chi connectivity index (χ3n) is 4.45. The van der Waals surface area contributed by atoms with E-state index in [1.807, 2.05) is 18.2 Å². The lowest BCUT2D eigenvalue weighted by atomic mass is 9.84. The first-order valence-corrected chi connectivity index (χ1v) is 6.69. The summed E-state index contributed by atoms with van der Waals surface area (Å²) in [6.45, 7) is 0.500. The molecule has 2 bridgehead atoms. The van der Waals surface area contributed by atoms with Crippen LogP contribution >= 0.6 is 24.8 Å². The molecular formula is C14H21Cl2N3O. The van der Waals surface area contributed by atoms with Gasteiger partial charge in [-0.1, -0.05) is 6.07 Å². The minimum Gasteiger partial charge on any atom is -0.350 e. The zero-order valence-corrected chi connectivity index (χ0v) is 12.8. The van der Waals surface area contributed by atoms with E-state index >= 15 is 0 Å². The SMILES string of the molecule is Cl.Cl.NC1C2CCC(C2)C1C(=O)NCc1ccccn1. The molecule has 4 unspecified atom stereocenters. The number of carbonyl (C=O) groups is 1. The highest BCUT2D eigenvalue weighted by molar-refractivity contribution is 5.85. The molecule has 0 aromatic carbocycles. The number of hydrogen-bond donors (Lipinski definition) is 2. The Morgan fingerprint density at radius 2 is 2.05 bits per heavy atom. The standard InChI is InChI=1S/C14H19N3O.2ClH/c15-13-10-5-4-9(7-10)12(13)14(18)17-8-11-3-1-2-6-16-11;;/h1-3,6,9-10,12-13H,4-5,7-8,15H2,(H,17,18);2*1H. The third-order valence-corrected chi connectivity index (χ3v) is 4.45. The average Bonchev–Trinajstić information content (AvgIpc) is 2.98. The van der Waals surface area contributed by atoms with Crippen LogP contribution in [0.4, 0.5) is 0 Å². The van der Waals surface area contributed by atoms with E-state index in [4.69, 9.17) is 5.73 Å². The monoisotopic (exact) mass is 317 g/mol. The first-order chi connectivity index (χ1) is 8.75. The molecule has 2 aliphatic carbocycles. The van der Waals surface area contributed by atoms with E-state index in [1.54, 1.807) is 6.20 Å². The molecule has 3 rings (SSSR count). The maximum absolute atomic E-state index is 12.2. The van der Waals surface area contributed by atoms with E-state index in [0.717, 1.165) is 12.1 Å². The molecule has 3 N–H and O–H groups in total. The number of nitrogens with two attached hydrogens (primary N) is 1. The number of amides is 1. The summed E-state index contributed by atoms with van der Waals surface area (Å²) in [6, 6.07) is 5.78. The number of rotatable bonds is 3. The second-order valence-electron chi connectivity index (χ2n) is 5.48. The summed E-state index contributed by atoms with van der Waals surface area (Å²) < 4.78 is 0. The van der Waals surface area contributed by atoms with Crippen LogP contribution in [-0.2, 0) is 11.3 Å². The number of nitrogens with zero attached hydrogens (tertiary/aromatic N) is 1. The Kier molecular flexibility index (Phi) is 6.24. The highest BCUT2D eigenvalue weighted by Crippen LogP contribution is 2.47. The van der Waals surface area contributed by atoms with Crippen LogP contribution in [0.5, 0.6) is 0 Å². The zero-order valence-electron chi connectivity index (χ0n) is 11.2. The van der Waals surface area contributed by atoms with Crippen LogP contribution in [0.15, 0.2) is 24.4 Å². The van der Waals surface area contributed by atoms with E-state index in [0.29, 0.717) is 18.4 Å². The lowest BCUT2D eigenvalue weighted by Gasteiger charge is -2.26. The summed E-state index contributed by atoms with van der Waals surface area (Å²) in [6.07, 6.45) is 5.25. The van der Waals surface area contributed by atoms with Crippen LogP contribution in [0.25, 0.3) is 0 Å². The number of fused-ring (bicyclic) bond motifs is 2. The summed E-state index contributed by atoms with van der Waals surface area (Å²) in [4.78, 5) is 16.4. The Balaban J connectivity index is 0.000001000. The van der Waals surface area contributed by atoms with Gasteiger partial charge in [-0.05, 0) is 43.2 Å². The van der Waals surface area contributed by atoms with Crippen molar-refractivity contribution >= 4 is 30.7 Å². The number of pyridine rings is 1. The lowest BCUT2D eigenvalue weighted by molar-refractivity contribution is -0.127. The van der Waals surface area contributed by atoms with Crippen molar-refractivity contribution in [2.24, 2.45) is 23.5 Å². The number of halogens is 2. The Morgan fingerprint density at radius 1 is 1.30 bits per heavy atom. The maximum Gasteiger partial charge on any atom is 0.225 e. The fourth-order valence-electron chi connectivity index (χ4n) is 3.52. The average molecular weight is 318 g/mol. The predicted octanol–water partition coefficient (Wildman–Crippen LogP) is 1.91. The van der Waals surface area contributed by atoms with Gasteiger partial charge in [-0.15, -0.1) is 24.8 Å². The summed E-state index contributed by atoms with van der Waals surface area (Å²) >= 11 is 0. The van der Waals surface area contributed by atoms with Gasteiger partial charge >= 0.3 is 0 Å². The summed E-state index contributed by atoms with van der Waals surface area (Å²) in [5.41, 5.74) is 7.05. The Labute approximate surface area is 131 Å². The van der Waals surface area contributed by atoms with Gasteiger partial charge < -0.3 is 11.1 Å². The Bertz CT molecular complexity index is 441. The van der Waals surface area contributed by atoms with Gasteiger partial charge in [-0.2, -0.15) is 0 Å². The molecule has 112 valence electrons. The van der Waals surface area contributed by atoms with Crippen molar-refractivity contribution in [1.29, 1.82) is 0 Å². The van der Waals surface area contributed by atoms with E-state index in [2.05, 4.69) is 10.3 Å². The molecule has 1 heterocycles. The number of nitrogens with one attached hydrogen (secondary N) is 1. The number of hydrogen-bond acceptors (Lipinski definition) is 3. The molecule has 20 heavy (non-hydrogen) atoms. The molecule has 6 heteroatoms. The Hall–Kier alpha value is -0.840. The molecule has 0 radical (unpaired) electrons. The molecule has 1 amide bonds. The van der Waals surface area contributed by atoms with Gasteiger partial charge in [0.05, 0.1) is 18.2 Å². The molecule has 4 atom stereocenters. The van der Waals surface area contributed by atoms with Gasteiger partial charge in [0.15, 0.2) is 0 Å². The van der Waals surface area contributed by atoms with Crippen molar-refractivity contribution in [2.45, 2.75) is 31.8 Å². The minimum atomic E-state index is 0. The van der Waals surface area contributed by atoms with Gasteiger partial charge in [0.1, 0.15) is 0 Å². The van der Waals surface area contributed by atoms with Crippen molar-refractivity contribution in [1.82, 2.24) is 10.3 Å². The highest BCUT2D eigenvalue weighted by atomic mass is 35.5. The second kappa shape index (κ2) is 7.25. The van der Waals surface area contributed by atoms with Gasteiger partial charge in [-0.25, -0.2) is 0 Å². The van der Waals surface area contributed by atoms with Crippen LogP contribution < -0.4 is 11.1 Å². The van der Waals surface area contributed by atoms with Crippen molar-refractivity contribution in [3.05, 3.63) is 30.1 Å². The van der Waals surface area contributed by atoms with Crippen molar-refractivity contribution < 1.29 is 4.79 Å². The molecule has 2 fully saturated rings. The van der Waals surface area contributed by atoms with Gasteiger partial charge in [0.2, 0.25) is 5.91 Å². The third kappa shape index (κ3) is 3.25. The largest absolute Gasteiger partial charge is 0.350 e. The van der Waals surface area contributed by atoms with Crippen molar-refractivity contribution in [2.75, 3.05) is 0 Å². The van der Waals surface area contributed by atoms with Crippen molar-refractivity contribution in [3.63, 3.8) is 0 Å². The molecule has 2 aliphatic rings. The fraction of sp³-hybridized carbons (Fsp3) is 0.571. The Morgan fingerprint density at radius 3 is 2.65 bits per heavy atom. The number of carbonyl (C=O) groups excluding carboxylic acids is 1.